The Kier molecular flexibility index (Phi) is 5.17. The van der Waals surface area contributed by atoms with E-state index in [4.69, 9.17) is 22.7 Å². The van der Waals surface area contributed by atoms with Crippen molar-refractivity contribution in [1.29, 1.82) is 5.41 Å². The van der Waals surface area contributed by atoms with E-state index in [-0.39, 0.29) is 10.9 Å². The molecule has 0 unspecified atom stereocenters. The monoisotopic (exact) mass is 305 g/mol. The van der Waals surface area contributed by atoms with Crippen LogP contribution in [0.3, 0.4) is 0 Å². The molecule has 0 heterocycles. The van der Waals surface area contributed by atoms with Crippen LogP contribution in [0.1, 0.15) is 12.0 Å². The van der Waals surface area contributed by atoms with Gasteiger partial charge in [-0.15, -0.1) is 0 Å². The third-order valence-electron chi connectivity index (χ3n) is 3.13. The fourth-order valence-electron chi connectivity index (χ4n) is 2.05. The summed E-state index contributed by atoms with van der Waals surface area (Å²) in [6.45, 7) is 1.13. The second-order valence-electron chi connectivity index (χ2n) is 4.78. The fraction of sp³-hybridized carbons (Fsp3) is 0.188. The van der Waals surface area contributed by atoms with Crippen LogP contribution in [-0.4, -0.2) is 12.4 Å². The molecule has 0 atom stereocenters. The van der Waals surface area contributed by atoms with Gasteiger partial charge in [-0.2, -0.15) is 0 Å². The van der Waals surface area contributed by atoms with Gasteiger partial charge in [-0.05, 0) is 29.8 Å². The van der Waals surface area contributed by atoms with Gasteiger partial charge in [0.2, 0.25) is 0 Å². The van der Waals surface area contributed by atoms with Crippen LogP contribution >= 0.6 is 11.6 Å². The van der Waals surface area contributed by atoms with Gasteiger partial charge in [0, 0.05) is 25.2 Å². The van der Waals surface area contributed by atoms with Crippen molar-refractivity contribution in [3.05, 3.63) is 64.9 Å². The molecule has 5 heteroatoms. The lowest BCUT2D eigenvalue weighted by Gasteiger charge is -2.25. The molecule has 2 rings (SSSR count). The Morgan fingerprint density at radius 2 is 1.90 bits per heavy atom. The summed E-state index contributed by atoms with van der Waals surface area (Å²) in [6.07, 6.45) is 0.463. The topological polar surface area (TPSA) is 53.1 Å². The first-order chi connectivity index (χ1) is 10.1. The van der Waals surface area contributed by atoms with Crippen LogP contribution in [-0.2, 0) is 6.54 Å². The predicted molar refractivity (Wildman–Crippen MR) is 85.4 cm³/mol. The van der Waals surface area contributed by atoms with Gasteiger partial charge in [-0.25, -0.2) is 4.39 Å². The van der Waals surface area contributed by atoms with Gasteiger partial charge in [-0.3, -0.25) is 5.41 Å². The van der Waals surface area contributed by atoms with E-state index in [9.17, 15) is 4.39 Å². The molecule has 0 saturated carbocycles. The Labute approximate surface area is 128 Å². The van der Waals surface area contributed by atoms with Crippen molar-refractivity contribution in [3.8, 4) is 0 Å². The number of para-hydroxylation sites is 1. The zero-order valence-corrected chi connectivity index (χ0v) is 12.3. The molecule has 2 aromatic carbocycles. The summed E-state index contributed by atoms with van der Waals surface area (Å²) in [5.41, 5.74) is 7.27. The molecule has 0 aliphatic heterocycles. The molecule has 0 aromatic heterocycles. The molecule has 0 saturated heterocycles. The van der Waals surface area contributed by atoms with Crippen molar-refractivity contribution in [2.45, 2.75) is 13.0 Å². The Morgan fingerprint density at radius 3 is 2.52 bits per heavy atom. The van der Waals surface area contributed by atoms with Gasteiger partial charge >= 0.3 is 0 Å². The number of nitrogens with two attached hydrogens (primary N) is 1. The highest BCUT2D eigenvalue weighted by Crippen LogP contribution is 2.20. The number of amidine groups is 1. The quantitative estimate of drug-likeness (QED) is 0.630. The van der Waals surface area contributed by atoms with Crippen LogP contribution in [0.15, 0.2) is 48.5 Å². The SMILES string of the molecule is N=C(N)CCN(Cc1ccc(Cl)c(F)c1)c1ccccc1. The van der Waals surface area contributed by atoms with Crippen LogP contribution in [0, 0.1) is 11.2 Å². The van der Waals surface area contributed by atoms with Crippen molar-refractivity contribution < 1.29 is 4.39 Å². The molecule has 2 aromatic rings. The number of nitrogens with one attached hydrogen (secondary N) is 1. The second-order valence-corrected chi connectivity index (χ2v) is 5.19. The molecular formula is C16H17ClFN3. The third-order valence-corrected chi connectivity index (χ3v) is 3.44. The maximum atomic E-state index is 13.5. The summed E-state index contributed by atoms with van der Waals surface area (Å²) in [5.74, 6) is -0.285. The molecule has 21 heavy (non-hydrogen) atoms. The van der Waals surface area contributed by atoms with Gasteiger partial charge in [-0.1, -0.05) is 35.9 Å². The summed E-state index contributed by atoms with van der Waals surface area (Å²) in [7, 11) is 0. The van der Waals surface area contributed by atoms with Crippen LogP contribution in [0.5, 0.6) is 0 Å². The van der Waals surface area contributed by atoms with Crippen molar-refractivity contribution in [1.82, 2.24) is 0 Å². The molecule has 0 bridgehead atoms. The lowest BCUT2D eigenvalue weighted by molar-refractivity contribution is 0.625. The zero-order valence-electron chi connectivity index (χ0n) is 11.5. The van der Waals surface area contributed by atoms with E-state index >= 15 is 0 Å². The fourth-order valence-corrected chi connectivity index (χ4v) is 2.17. The van der Waals surface area contributed by atoms with Gasteiger partial charge in [0.15, 0.2) is 0 Å². The van der Waals surface area contributed by atoms with Gasteiger partial charge in [0.1, 0.15) is 5.82 Å². The van der Waals surface area contributed by atoms with Gasteiger partial charge < -0.3 is 10.6 Å². The normalized spacial score (nSPS) is 10.4. The number of hydrogen-bond acceptors (Lipinski definition) is 2. The predicted octanol–water partition coefficient (Wildman–Crippen LogP) is 3.81. The minimum Gasteiger partial charge on any atom is -0.388 e. The maximum Gasteiger partial charge on any atom is 0.142 e. The average Bonchev–Trinajstić information content (AvgIpc) is 2.48. The number of halogens is 2. The molecule has 0 spiro atoms. The number of benzene rings is 2. The summed E-state index contributed by atoms with van der Waals surface area (Å²) in [5, 5.41) is 7.48. The highest BCUT2D eigenvalue weighted by atomic mass is 35.5. The molecule has 3 nitrogen and oxygen atoms in total. The van der Waals surface area contributed by atoms with Gasteiger partial charge in [0.25, 0.3) is 0 Å². The molecule has 0 fully saturated rings. The van der Waals surface area contributed by atoms with E-state index in [0.29, 0.717) is 19.5 Å². The van der Waals surface area contributed by atoms with Crippen LogP contribution in [0.4, 0.5) is 10.1 Å². The number of anilines is 1. The second kappa shape index (κ2) is 7.09. The Bertz CT molecular complexity index is 616. The number of hydrogen-bond donors (Lipinski definition) is 2. The molecule has 0 aliphatic carbocycles. The highest BCUT2D eigenvalue weighted by molar-refractivity contribution is 6.30. The first kappa shape index (κ1) is 15.3. The van der Waals surface area contributed by atoms with E-state index < -0.39 is 5.82 Å². The van der Waals surface area contributed by atoms with E-state index in [2.05, 4.69) is 4.90 Å². The Hall–Kier alpha value is -2.07. The largest absolute Gasteiger partial charge is 0.388 e. The first-order valence-corrected chi connectivity index (χ1v) is 7.01. The third kappa shape index (κ3) is 4.46. The number of nitrogens with zero attached hydrogens (tertiary/aromatic N) is 1. The number of rotatable bonds is 6. The van der Waals surface area contributed by atoms with Crippen molar-refractivity contribution >= 4 is 23.1 Å². The molecule has 3 N–H and O–H groups in total. The summed E-state index contributed by atoms with van der Waals surface area (Å²) in [6, 6.07) is 14.6. The van der Waals surface area contributed by atoms with Gasteiger partial charge in [0.05, 0.1) is 10.9 Å². The lowest BCUT2D eigenvalue weighted by atomic mass is 10.1. The van der Waals surface area contributed by atoms with Crippen LogP contribution < -0.4 is 10.6 Å². The Balaban J connectivity index is 2.18. The zero-order chi connectivity index (χ0) is 15.2. The van der Waals surface area contributed by atoms with Crippen molar-refractivity contribution in [3.63, 3.8) is 0 Å². The van der Waals surface area contributed by atoms with E-state index in [1.807, 2.05) is 30.3 Å². The molecular weight excluding hydrogens is 289 g/mol. The van der Waals surface area contributed by atoms with Crippen molar-refractivity contribution in [2.24, 2.45) is 5.73 Å². The molecule has 0 amide bonds. The molecule has 0 radical (unpaired) electrons. The maximum absolute atomic E-state index is 13.5. The summed E-state index contributed by atoms with van der Waals surface area (Å²) >= 11 is 5.70. The molecule has 110 valence electrons. The summed E-state index contributed by atoms with van der Waals surface area (Å²) < 4.78 is 13.5. The first-order valence-electron chi connectivity index (χ1n) is 6.63. The smallest absolute Gasteiger partial charge is 0.142 e. The van der Waals surface area contributed by atoms with E-state index in [0.717, 1.165) is 11.3 Å². The lowest BCUT2D eigenvalue weighted by Crippen LogP contribution is -2.27. The average molecular weight is 306 g/mol. The Morgan fingerprint density at radius 1 is 1.19 bits per heavy atom. The minimum atomic E-state index is -0.422. The van der Waals surface area contributed by atoms with E-state index in [1.165, 1.54) is 6.07 Å². The van der Waals surface area contributed by atoms with E-state index in [1.54, 1.807) is 12.1 Å². The van der Waals surface area contributed by atoms with Crippen LogP contribution in [0.2, 0.25) is 5.02 Å². The minimum absolute atomic E-state index is 0.119. The standard InChI is InChI=1S/C16H17ClFN3/c17-14-7-6-12(10-15(14)18)11-21(9-8-16(19)20)13-4-2-1-3-5-13/h1-7,10H,8-9,11H2,(H3,19,20). The summed E-state index contributed by atoms with van der Waals surface area (Å²) in [4.78, 5) is 2.06. The molecule has 0 aliphatic rings. The van der Waals surface area contributed by atoms with Crippen molar-refractivity contribution in [2.75, 3.05) is 11.4 Å². The van der Waals surface area contributed by atoms with Crippen LogP contribution in [0.25, 0.3) is 0 Å². The highest BCUT2D eigenvalue weighted by Gasteiger charge is 2.09.